The van der Waals surface area contributed by atoms with E-state index in [1.54, 1.807) is 0 Å². The number of hydrogen-bond acceptors (Lipinski definition) is 2. The van der Waals surface area contributed by atoms with Gasteiger partial charge >= 0.3 is 18.0 Å². The molecule has 0 aliphatic heterocycles. The summed E-state index contributed by atoms with van der Waals surface area (Å²) >= 11 is 0. The Kier molecular flexibility index (Phi) is 4.65. The average molecular weight is 314 g/mol. The molecule has 0 heterocycles. The number of carbonyl (C=O) groups excluding carboxylic acids is 2. The molecule has 0 spiro atoms. The molecule has 0 saturated heterocycles. The smallest absolute Gasteiger partial charge is 0.295 e. The highest BCUT2D eigenvalue weighted by atomic mass is 19.4. The number of Topliss-reactive ketones (excluding diaryl/α,β-unsaturated/α-hetero) is 2. The largest absolute Gasteiger partial charge is 0.460 e. The van der Waals surface area contributed by atoms with E-state index >= 15 is 0 Å². The SMILES string of the molecule is CC(C)(C)C(=O)C(F)C(=O)C(F)(F)C(F)(F)C(F)(F)F. The normalized spacial score (nSPS) is 15.9. The molecule has 1 atom stereocenters. The van der Waals surface area contributed by atoms with Crippen LogP contribution in [-0.4, -0.2) is 35.8 Å². The van der Waals surface area contributed by atoms with Gasteiger partial charge in [0, 0.05) is 5.41 Å². The van der Waals surface area contributed by atoms with Crippen molar-refractivity contribution in [3.05, 3.63) is 0 Å². The Hall–Kier alpha value is -1.22. The number of halogens is 8. The molecule has 0 aliphatic rings. The second kappa shape index (κ2) is 4.96. The second-order valence-corrected chi connectivity index (χ2v) is 4.99. The number of ketones is 2. The zero-order valence-corrected chi connectivity index (χ0v) is 10.4. The van der Waals surface area contributed by atoms with E-state index in [0.717, 1.165) is 20.8 Å². The van der Waals surface area contributed by atoms with E-state index in [9.17, 15) is 44.7 Å². The highest BCUT2D eigenvalue weighted by Crippen LogP contribution is 2.47. The highest BCUT2D eigenvalue weighted by molar-refractivity contribution is 6.10. The van der Waals surface area contributed by atoms with Crippen LogP contribution in [0, 0.1) is 5.41 Å². The van der Waals surface area contributed by atoms with Crippen molar-refractivity contribution in [2.45, 2.75) is 45.0 Å². The summed E-state index contributed by atoms with van der Waals surface area (Å²) in [7, 11) is 0. The predicted molar refractivity (Wildman–Crippen MR) is 50.3 cm³/mol. The summed E-state index contributed by atoms with van der Waals surface area (Å²) < 4.78 is 99.4. The van der Waals surface area contributed by atoms with Crippen molar-refractivity contribution in [1.29, 1.82) is 0 Å². The minimum atomic E-state index is -6.78. The predicted octanol–water partition coefficient (Wildman–Crippen LogP) is 3.34. The first-order chi connectivity index (χ1) is 8.48. The van der Waals surface area contributed by atoms with E-state index < -0.39 is 41.2 Å². The fourth-order valence-electron chi connectivity index (χ4n) is 0.991. The fourth-order valence-corrected chi connectivity index (χ4v) is 0.991. The quantitative estimate of drug-likeness (QED) is 0.589. The van der Waals surface area contributed by atoms with Crippen LogP contribution >= 0.6 is 0 Å². The third-order valence-corrected chi connectivity index (χ3v) is 2.26. The van der Waals surface area contributed by atoms with Gasteiger partial charge in [0.1, 0.15) is 0 Å². The zero-order valence-electron chi connectivity index (χ0n) is 10.4. The molecule has 10 heteroatoms. The molecule has 0 aromatic heterocycles. The van der Waals surface area contributed by atoms with Crippen LogP contribution in [0.25, 0.3) is 0 Å². The standard InChI is InChI=1S/C10H10F8O2/c1-7(2,3)5(19)4(11)6(20)8(12,13)9(14,15)10(16,17)18/h4H,1-3H3. The van der Waals surface area contributed by atoms with Crippen LogP contribution in [0.15, 0.2) is 0 Å². The first-order valence-corrected chi connectivity index (χ1v) is 5.03. The Balaban J connectivity index is 5.55. The third kappa shape index (κ3) is 3.09. The van der Waals surface area contributed by atoms with Crippen molar-refractivity contribution in [3.8, 4) is 0 Å². The van der Waals surface area contributed by atoms with Gasteiger partial charge < -0.3 is 0 Å². The molecule has 0 aliphatic carbocycles. The number of hydrogen-bond donors (Lipinski definition) is 0. The summed E-state index contributed by atoms with van der Waals surface area (Å²) in [6, 6.07) is 0. The number of carbonyl (C=O) groups is 2. The maximum absolute atomic E-state index is 13.2. The Morgan fingerprint density at radius 1 is 0.800 bits per heavy atom. The molecular formula is C10H10F8O2. The Morgan fingerprint density at radius 2 is 1.15 bits per heavy atom. The Bertz CT molecular complexity index is 404. The van der Waals surface area contributed by atoms with E-state index in [4.69, 9.17) is 0 Å². The van der Waals surface area contributed by atoms with Gasteiger partial charge in [-0.15, -0.1) is 0 Å². The van der Waals surface area contributed by atoms with Crippen LogP contribution in [0.2, 0.25) is 0 Å². The van der Waals surface area contributed by atoms with Gasteiger partial charge in [0.05, 0.1) is 0 Å². The lowest BCUT2D eigenvalue weighted by molar-refractivity contribution is -0.344. The molecule has 0 radical (unpaired) electrons. The van der Waals surface area contributed by atoms with Crippen LogP contribution in [0.3, 0.4) is 0 Å². The van der Waals surface area contributed by atoms with E-state index in [1.807, 2.05) is 0 Å². The third-order valence-electron chi connectivity index (χ3n) is 2.26. The van der Waals surface area contributed by atoms with E-state index in [-0.39, 0.29) is 0 Å². The van der Waals surface area contributed by atoms with Crippen molar-refractivity contribution in [3.63, 3.8) is 0 Å². The molecule has 20 heavy (non-hydrogen) atoms. The monoisotopic (exact) mass is 314 g/mol. The van der Waals surface area contributed by atoms with Gasteiger partial charge in [-0.2, -0.15) is 30.7 Å². The number of alkyl halides is 8. The summed E-state index contributed by atoms with van der Waals surface area (Å²) in [5, 5.41) is 0. The van der Waals surface area contributed by atoms with Gasteiger partial charge in [-0.05, 0) is 0 Å². The Morgan fingerprint density at radius 3 is 1.40 bits per heavy atom. The minimum Gasteiger partial charge on any atom is -0.295 e. The van der Waals surface area contributed by atoms with Crippen LogP contribution in [0.4, 0.5) is 35.1 Å². The molecule has 0 N–H and O–H groups in total. The summed E-state index contributed by atoms with van der Waals surface area (Å²) in [5.74, 6) is -18.4. The fraction of sp³-hybridized carbons (Fsp3) is 0.800. The van der Waals surface area contributed by atoms with Crippen molar-refractivity contribution < 1.29 is 44.7 Å². The van der Waals surface area contributed by atoms with Crippen molar-refractivity contribution in [2.24, 2.45) is 5.41 Å². The summed E-state index contributed by atoms with van der Waals surface area (Å²) in [6.07, 6.45) is -10.5. The van der Waals surface area contributed by atoms with Gasteiger partial charge in [-0.3, -0.25) is 9.59 Å². The lowest BCUT2D eigenvalue weighted by Gasteiger charge is -2.28. The molecule has 0 aromatic carbocycles. The average Bonchev–Trinajstić information content (AvgIpc) is 2.22. The molecule has 0 bridgehead atoms. The van der Waals surface area contributed by atoms with E-state index in [0.29, 0.717) is 0 Å². The first-order valence-electron chi connectivity index (χ1n) is 5.03. The van der Waals surface area contributed by atoms with E-state index in [2.05, 4.69) is 0 Å². The highest BCUT2D eigenvalue weighted by Gasteiger charge is 2.77. The molecule has 1 unspecified atom stereocenters. The summed E-state index contributed by atoms with van der Waals surface area (Å²) in [6.45, 7) is 2.94. The minimum absolute atomic E-state index is 0.981. The zero-order chi connectivity index (χ0) is 16.7. The lowest BCUT2D eigenvalue weighted by atomic mass is 9.85. The van der Waals surface area contributed by atoms with Crippen LogP contribution in [-0.2, 0) is 9.59 Å². The first kappa shape index (κ1) is 18.8. The van der Waals surface area contributed by atoms with Gasteiger partial charge in [-0.1, -0.05) is 20.8 Å². The molecule has 118 valence electrons. The van der Waals surface area contributed by atoms with Gasteiger partial charge in [0.15, 0.2) is 5.78 Å². The molecule has 2 nitrogen and oxygen atoms in total. The molecule has 0 amide bonds. The molecule has 0 fully saturated rings. The summed E-state index contributed by atoms with van der Waals surface area (Å²) in [4.78, 5) is 22.0. The second-order valence-electron chi connectivity index (χ2n) is 4.99. The molecule has 0 rings (SSSR count). The van der Waals surface area contributed by atoms with Crippen LogP contribution in [0.5, 0.6) is 0 Å². The van der Waals surface area contributed by atoms with Crippen LogP contribution in [0.1, 0.15) is 20.8 Å². The topological polar surface area (TPSA) is 34.1 Å². The summed E-state index contributed by atoms with van der Waals surface area (Å²) in [5.41, 5.74) is -1.71. The van der Waals surface area contributed by atoms with Gasteiger partial charge in [-0.25, -0.2) is 4.39 Å². The van der Waals surface area contributed by atoms with E-state index in [1.165, 1.54) is 0 Å². The van der Waals surface area contributed by atoms with Crippen LogP contribution < -0.4 is 0 Å². The molecular weight excluding hydrogens is 304 g/mol. The molecule has 0 aromatic rings. The van der Waals surface area contributed by atoms with Crippen molar-refractivity contribution in [1.82, 2.24) is 0 Å². The van der Waals surface area contributed by atoms with Gasteiger partial charge in [0.25, 0.3) is 0 Å². The van der Waals surface area contributed by atoms with Gasteiger partial charge in [0.2, 0.25) is 12.0 Å². The van der Waals surface area contributed by atoms with Crippen molar-refractivity contribution >= 4 is 11.6 Å². The lowest BCUT2D eigenvalue weighted by Crippen LogP contribution is -2.59. The maximum atomic E-state index is 13.2. The molecule has 0 saturated carbocycles. The number of rotatable bonds is 4. The maximum Gasteiger partial charge on any atom is 0.460 e. The Labute approximate surface area is 108 Å². The van der Waals surface area contributed by atoms with Crippen molar-refractivity contribution in [2.75, 3.05) is 0 Å².